The zero-order chi connectivity index (χ0) is 16.4. The third kappa shape index (κ3) is 3.17. The summed E-state index contributed by atoms with van der Waals surface area (Å²) in [6.45, 7) is 0. The molecule has 3 heterocycles. The van der Waals surface area contributed by atoms with Crippen molar-refractivity contribution in [3.63, 3.8) is 0 Å². The van der Waals surface area contributed by atoms with Crippen molar-refractivity contribution in [2.24, 2.45) is 0 Å². The van der Waals surface area contributed by atoms with E-state index < -0.39 is 23.9 Å². The number of aromatic nitrogens is 6. The van der Waals surface area contributed by atoms with Gasteiger partial charge < -0.3 is 0 Å². The van der Waals surface area contributed by atoms with Crippen LogP contribution in [0.4, 0.5) is 19.1 Å². The normalized spacial score (nSPS) is 11.4. The number of alkyl halides is 3. The van der Waals surface area contributed by atoms with Gasteiger partial charge in [0.15, 0.2) is 0 Å². The van der Waals surface area contributed by atoms with Crippen molar-refractivity contribution in [3.8, 4) is 5.82 Å². The summed E-state index contributed by atoms with van der Waals surface area (Å²) in [6.07, 6.45) is 1.40. The molecule has 0 fully saturated rings. The molecule has 23 heavy (non-hydrogen) atoms. The second-order valence-electron chi connectivity index (χ2n) is 4.33. The fourth-order valence-electron chi connectivity index (χ4n) is 1.69. The van der Waals surface area contributed by atoms with Crippen molar-refractivity contribution in [1.82, 2.24) is 29.7 Å². The van der Waals surface area contributed by atoms with E-state index in [0.717, 1.165) is 0 Å². The Kier molecular flexibility index (Phi) is 3.52. The molecule has 0 bridgehead atoms. The number of aromatic amines is 1. The maximum Gasteiger partial charge on any atom is 0.451 e. The van der Waals surface area contributed by atoms with Crippen LogP contribution in [-0.4, -0.2) is 35.6 Å². The number of H-pyrrole nitrogens is 1. The summed E-state index contributed by atoms with van der Waals surface area (Å²) in [7, 11) is 0. The third-order valence-electron chi connectivity index (χ3n) is 2.76. The van der Waals surface area contributed by atoms with Gasteiger partial charge in [0.05, 0.1) is 5.56 Å². The smallest absolute Gasteiger partial charge is 0.291 e. The van der Waals surface area contributed by atoms with Gasteiger partial charge in [-0.1, -0.05) is 0 Å². The van der Waals surface area contributed by atoms with Gasteiger partial charge in [-0.2, -0.15) is 18.2 Å². The standard InChI is InChI=1S/C12H8F3N7O/c13-12(14,15)10-19-11(21-20-10)18-9(23)7-1-2-8(17-5-7)22-4-3-16-6-22/h1-6H,(H2,18,19,20,21,23). The summed E-state index contributed by atoms with van der Waals surface area (Å²) in [5.41, 5.74) is 0.146. The first-order valence-electron chi connectivity index (χ1n) is 6.19. The Morgan fingerprint density at radius 3 is 2.70 bits per heavy atom. The number of pyridine rings is 1. The topological polar surface area (TPSA) is 101 Å². The van der Waals surface area contributed by atoms with E-state index in [1.807, 2.05) is 0 Å². The summed E-state index contributed by atoms with van der Waals surface area (Å²) in [5.74, 6) is -1.90. The van der Waals surface area contributed by atoms with Crippen LogP contribution in [-0.2, 0) is 6.18 Å². The molecule has 118 valence electrons. The summed E-state index contributed by atoms with van der Waals surface area (Å²) in [5, 5.41) is 7.14. The van der Waals surface area contributed by atoms with E-state index in [9.17, 15) is 18.0 Å². The number of carbonyl (C=O) groups is 1. The minimum Gasteiger partial charge on any atom is -0.291 e. The molecule has 11 heteroatoms. The Morgan fingerprint density at radius 2 is 2.13 bits per heavy atom. The predicted octanol–water partition coefficient (Wildman–Crippen LogP) is 1.66. The molecule has 0 atom stereocenters. The van der Waals surface area contributed by atoms with Crippen molar-refractivity contribution in [2.75, 3.05) is 5.32 Å². The summed E-state index contributed by atoms with van der Waals surface area (Å²) >= 11 is 0. The lowest BCUT2D eigenvalue weighted by molar-refractivity contribution is -0.144. The predicted molar refractivity (Wildman–Crippen MR) is 70.7 cm³/mol. The molecule has 0 saturated carbocycles. The second-order valence-corrected chi connectivity index (χ2v) is 4.33. The molecular weight excluding hydrogens is 315 g/mol. The average molecular weight is 323 g/mol. The zero-order valence-electron chi connectivity index (χ0n) is 11.2. The van der Waals surface area contributed by atoms with Gasteiger partial charge in [0.2, 0.25) is 11.8 Å². The molecule has 0 aliphatic carbocycles. The Bertz CT molecular complexity index is 808. The second kappa shape index (κ2) is 5.51. The highest BCUT2D eigenvalue weighted by molar-refractivity contribution is 6.03. The van der Waals surface area contributed by atoms with Crippen LogP contribution < -0.4 is 5.32 Å². The number of rotatable bonds is 3. The number of nitrogens with one attached hydrogen (secondary N) is 2. The van der Waals surface area contributed by atoms with Gasteiger partial charge in [-0.3, -0.25) is 19.8 Å². The quantitative estimate of drug-likeness (QED) is 0.763. The van der Waals surface area contributed by atoms with E-state index in [1.54, 1.807) is 28.1 Å². The monoisotopic (exact) mass is 323 g/mol. The molecule has 0 radical (unpaired) electrons. The van der Waals surface area contributed by atoms with Crippen LogP contribution in [0.1, 0.15) is 16.2 Å². The molecule has 8 nitrogen and oxygen atoms in total. The largest absolute Gasteiger partial charge is 0.451 e. The van der Waals surface area contributed by atoms with Crippen molar-refractivity contribution in [2.45, 2.75) is 6.18 Å². The minimum atomic E-state index is -4.66. The van der Waals surface area contributed by atoms with Gasteiger partial charge in [-0.15, -0.1) is 5.10 Å². The van der Waals surface area contributed by atoms with E-state index in [4.69, 9.17) is 0 Å². The maximum atomic E-state index is 12.4. The summed E-state index contributed by atoms with van der Waals surface area (Å²) in [4.78, 5) is 23.0. The van der Waals surface area contributed by atoms with Gasteiger partial charge >= 0.3 is 6.18 Å². The molecule has 0 aliphatic heterocycles. The van der Waals surface area contributed by atoms with Crippen LogP contribution in [0.2, 0.25) is 0 Å². The first-order valence-corrected chi connectivity index (χ1v) is 6.19. The van der Waals surface area contributed by atoms with E-state index in [-0.39, 0.29) is 5.56 Å². The summed E-state index contributed by atoms with van der Waals surface area (Å²) in [6, 6.07) is 3.03. The lowest BCUT2D eigenvalue weighted by Gasteiger charge is -2.03. The highest BCUT2D eigenvalue weighted by Crippen LogP contribution is 2.26. The molecule has 0 aliphatic rings. The Morgan fingerprint density at radius 1 is 1.30 bits per heavy atom. The number of hydrogen-bond donors (Lipinski definition) is 2. The Hall–Kier alpha value is -3.24. The molecule has 0 unspecified atom stereocenters. The van der Waals surface area contributed by atoms with E-state index in [2.05, 4.69) is 25.4 Å². The van der Waals surface area contributed by atoms with E-state index in [1.165, 1.54) is 18.6 Å². The number of anilines is 1. The van der Waals surface area contributed by atoms with Crippen molar-refractivity contribution in [3.05, 3.63) is 48.4 Å². The van der Waals surface area contributed by atoms with Crippen LogP contribution in [0.5, 0.6) is 0 Å². The number of carbonyl (C=O) groups excluding carboxylic acids is 1. The number of nitrogens with zero attached hydrogens (tertiary/aromatic N) is 5. The van der Waals surface area contributed by atoms with Crippen molar-refractivity contribution >= 4 is 11.9 Å². The van der Waals surface area contributed by atoms with Gasteiger partial charge in [-0.25, -0.2) is 9.97 Å². The molecule has 0 aromatic carbocycles. The molecule has 3 rings (SSSR count). The van der Waals surface area contributed by atoms with Crippen molar-refractivity contribution in [1.29, 1.82) is 0 Å². The van der Waals surface area contributed by atoms with Crippen LogP contribution in [0, 0.1) is 0 Å². The average Bonchev–Trinajstić information content (AvgIpc) is 3.18. The molecule has 3 aromatic heterocycles. The first kappa shape index (κ1) is 14.7. The van der Waals surface area contributed by atoms with Crippen LogP contribution in [0.15, 0.2) is 37.1 Å². The van der Waals surface area contributed by atoms with E-state index in [0.29, 0.717) is 5.82 Å². The maximum absolute atomic E-state index is 12.4. The number of imidazole rings is 1. The van der Waals surface area contributed by atoms with Gasteiger partial charge in [-0.05, 0) is 12.1 Å². The number of halogens is 3. The molecular formula is C12H8F3N7O. The Labute approximate surface area is 126 Å². The lowest BCUT2D eigenvalue weighted by atomic mass is 10.2. The number of amides is 1. The molecule has 3 aromatic rings. The molecule has 0 spiro atoms. The lowest BCUT2D eigenvalue weighted by Crippen LogP contribution is -2.14. The third-order valence-corrected chi connectivity index (χ3v) is 2.76. The van der Waals surface area contributed by atoms with Gasteiger partial charge in [0, 0.05) is 18.6 Å². The van der Waals surface area contributed by atoms with Gasteiger partial charge in [0.25, 0.3) is 5.91 Å². The van der Waals surface area contributed by atoms with Crippen LogP contribution >= 0.6 is 0 Å². The summed E-state index contributed by atoms with van der Waals surface area (Å²) < 4.78 is 38.8. The van der Waals surface area contributed by atoms with Crippen LogP contribution in [0.25, 0.3) is 5.82 Å². The zero-order valence-corrected chi connectivity index (χ0v) is 11.2. The van der Waals surface area contributed by atoms with Crippen LogP contribution in [0.3, 0.4) is 0 Å². The minimum absolute atomic E-state index is 0.146. The molecule has 2 N–H and O–H groups in total. The fourth-order valence-corrected chi connectivity index (χ4v) is 1.69. The molecule has 1 amide bonds. The Balaban J connectivity index is 1.72. The highest BCUT2D eigenvalue weighted by Gasteiger charge is 2.35. The highest BCUT2D eigenvalue weighted by atomic mass is 19.4. The number of hydrogen-bond acceptors (Lipinski definition) is 5. The van der Waals surface area contributed by atoms with Crippen molar-refractivity contribution < 1.29 is 18.0 Å². The van der Waals surface area contributed by atoms with E-state index >= 15 is 0 Å². The van der Waals surface area contributed by atoms with Gasteiger partial charge in [0.1, 0.15) is 12.1 Å². The SMILES string of the molecule is O=C(Nc1n[nH]c(C(F)(F)F)n1)c1ccc(-n2ccnc2)nc1. The fraction of sp³-hybridized carbons (Fsp3) is 0.0833. The first-order chi connectivity index (χ1) is 10.9. The molecule has 0 saturated heterocycles.